The molecule has 0 fully saturated rings. The van der Waals surface area contributed by atoms with Crippen LogP contribution < -0.4 is 0 Å². The van der Waals surface area contributed by atoms with Gasteiger partial charge in [-0.1, -0.05) is 6.42 Å². The molecule has 0 N–H and O–H groups in total. The van der Waals surface area contributed by atoms with Gasteiger partial charge < -0.3 is 14.4 Å². The Morgan fingerprint density at radius 1 is 0.667 bits per heavy atom. The molecule has 0 heterocycles. The van der Waals surface area contributed by atoms with Gasteiger partial charge in [-0.15, -0.1) is 0 Å². The predicted molar refractivity (Wildman–Crippen MR) is 69.3 cm³/mol. The molecule has 0 aromatic heterocycles. The van der Waals surface area contributed by atoms with Crippen molar-refractivity contribution in [2.24, 2.45) is 0 Å². The summed E-state index contributed by atoms with van der Waals surface area (Å²) in [6, 6.07) is 0. The van der Waals surface area contributed by atoms with Crippen LogP contribution in [0.2, 0.25) is 0 Å². The molecule has 0 unspecified atom stereocenters. The monoisotopic (exact) mass is 696 g/mol. The zero-order valence-electron chi connectivity index (χ0n) is 12.4. The van der Waals surface area contributed by atoms with E-state index in [-0.39, 0.29) is 21.1 Å². The molecule has 27 heavy (non-hydrogen) atoms. The molecule has 0 aromatic carbocycles. The van der Waals surface area contributed by atoms with Crippen LogP contribution in [0.4, 0.5) is 43.9 Å². The normalized spacial score (nSPS) is 12.4. The van der Waals surface area contributed by atoms with Crippen molar-refractivity contribution in [3.63, 3.8) is 0 Å². The number of rotatable bonds is 2. The summed E-state index contributed by atoms with van der Waals surface area (Å²) in [5.41, 5.74) is 0. The summed E-state index contributed by atoms with van der Waals surface area (Å²) in [5, 5.41) is 0. The minimum Gasteiger partial charge on any atom is -0.545 e. The first-order valence-electron chi connectivity index (χ1n) is 5.12. The third kappa shape index (κ3) is 17.2. The van der Waals surface area contributed by atoms with Gasteiger partial charge in [-0.05, 0) is 0 Å². The number of alkyl halides is 10. The van der Waals surface area contributed by atoms with Crippen LogP contribution in [0.5, 0.6) is 0 Å². The van der Waals surface area contributed by atoms with Crippen molar-refractivity contribution in [3.8, 4) is 0 Å². The fraction of sp³-hybridized carbons (Fsp3) is 0.333. The van der Waals surface area contributed by atoms with Crippen molar-refractivity contribution in [1.82, 2.24) is 0 Å². The van der Waals surface area contributed by atoms with Crippen molar-refractivity contribution in [2.45, 2.75) is 19.6 Å². The number of carbonyl (C=O) groups excluding carboxylic acids is 3. The van der Waals surface area contributed by atoms with Crippen molar-refractivity contribution >= 4 is 43.6 Å². The maximum atomic E-state index is 11.9. The van der Waals surface area contributed by atoms with E-state index >= 15 is 0 Å². The van der Waals surface area contributed by atoms with Gasteiger partial charge in [0.1, 0.15) is 0 Å². The molecule has 154 valence electrons. The summed E-state index contributed by atoms with van der Waals surface area (Å²) in [6.45, 7) is 9.75. The van der Waals surface area contributed by atoms with Crippen LogP contribution >= 0.6 is 0 Å². The van der Waals surface area contributed by atoms with Crippen molar-refractivity contribution in [2.75, 3.05) is 0 Å². The molecule has 0 amide bonds. The average molecular weight is 694 g/mol. The molecule has 0 saturated carbocycles. The quantitative estimate of drug-likeness (QED) is 0.193. The molecule has 0 aliphatic heterocycles. The molecule has 3 nitrogen and oxygen atoms in total. The summed E-state index contributed by atoms with van der Waals surface area (Å²) in [6.07, 6.45) is -2.23. The van der Waals surface area contributed by atoms with Gasteiger partial charge in [-0.2, -0.15) is 6.08 Å². The largest absolute Gasteiger partial charge is 4.00 e. The van der Waals surface area contributed by atoms with Crippen LogP contribution in [-0.4, -0.2) is 63.2 Å². The minimum atomic E-state index is -6.36. The Labute approximate surface area is 173 Å². The minimum absolute atomic E-state index is 0. The van der Waals surface area contributed by atoms with E-state index in [1.807, 2.05) is 24.6 Å². The first-order valence-corrected chi connectivity index (χ1v) is 8.60. The topological polar surface area (TPSA) is 51.2 Å². The third-order valence-electron chi connectivity index (χ3n) is 1.46. The maximum Gasteiger partial charge on any atom is 4.00 e. The zero-order valence-corrected chi connectivity index (χ0v) is 17.9. The van der Waals surface area contributed by atoms with E-state index in [0.29, 0.717) is 0 Å². The van der Waals surface area contributed by atoms with Crippen LogP contribution in [0.3, 0.4) is 0 Å². The Morgan fingerprint density at radius 3 is 1.07 bits per heavy atom. The van der Waals surface area contributed by atoms with Gasteiger partial charge in [0.2, 0.25) is 0 Å². The van der Waals surface area contributed by atoms with Crippen LogP contribution in [0, 0.1) is 12.5 Å². The molecule has 1 rings (SSSR count). The van der Waals surface area contributed by atoms with E-state index < -0.39 is 42.8 Å². The Bertz CT molecular complexity index is 386. The first kappa shape index (κ1) is 37.2. The molecule has 1 aliphatic rings. The second-order valence-electron chi connectivity index (χ2n) is 3.07. The molecule has 0 bridgehead atoms. The molecule has 0 spiro atoms. The third-order valence-corrected chi connectivity index (χ3v) is 5.61. The molecule has 0 saturated heterocycles. The summed E-state index contributed by atoms with van der Waals surface area (Å²) in [5.74, 6) is 0. The zero-order chi connectivity index (χ0) is 22.2. The van der Waals surface area contributed by atoms with Crippen LogP contribution in [0.1, 0.15) is 0 Å². The molecular weight excluding hydrogens is 687 g/mol. The summed E-state index contributed by atoms with van der Waals surface area (Å²) in [7, 11) is 0. The number of allylic oxidation sites excluding steroid dienone is 4. The number of hydrogen-bond donors (Lipinski definition) is 0. The summed E-state index contributed by atoms with van der Waals surface area (Å²) < 4.78 is 104. The molecule has 0 aromatic rings. The second kappa shape index (κ2) is 17.5. The molecule has 15 heteroatoms. The molecule has 1 aliphatic carbocycles. The van der Waals surface area contributed by atoms with Gasteiger partial charge in [-0.3, -0.25) is 26.4 Å². The van der Waals surface area contributed by atoms with Gasteiger partial charge in [0.25, 0.3) is 0 Å². The number of halogens is 10. The molecule has 0 atom stereocenters. The fourth-order valence-electron chi connectivity index (χ4n) is 0.581. The maximum absolute atomic E-state index is 11.9. The van der Waals surface area contributed by atoms with Crippen molar-refractivity contribution in [1.29, 1.82) is 0 Å². The van der Waals surface area contributed by atoms with Crippen molar-refractivity contribution < 1.29 is 79.4 Å². The number of hydrogen-bond acceptors (Lipinski definition) is 3. The predicted octanol–water partition coefficient (Wildman–Crippen LogP) is 3.30. The van der Waals surface area contributed by atoms with Crippen molar-refractivity contribution in [3.05, 3.63) is 30.7 Å². The van der Waals surface area contributed by atoms with Gasteiger partial charge in [0.15, 0.2) is 0 Å². The second-order valence-corrected chi connectivity index (χ2v) is 8.31. The Kier molecular flexibility index (Phi) is 24.0. The summed E-state index contributed by atoms with van der Waals surface area (Å²) >= 11 is -5.48. The van der Waals surface area contributed by atoms with Gasteiger partial charge in [0.05, 0.1) is 0 Å². The molecular formula is C12H7BiF10MoO3. The van der Waals surface area contributed by atoms with E-state index in [1.165, 1.54) is 0 Å². The van der Waals surface area contributed by atoms with E-state index in [4.69, 9.17) is 14.4 Å². The Morgan fingerprint density at radius 2 is 0.963 bits per heavy atom. The SMILES string of the molecule is FC(F)(F)[C](F)(F)[Bi][C](F)(F)C(F)(F)F.[C-]1=C[CH]C=C1.[CH-]=O.[CH-]=O.[CH-]=O.[Mo+4]. The van der Waals surface area contributed by atoms with Gasteiger partial charge in [0, 0.05) is 0 Å². The Hall–Kier alpha value is -0.639. The fourth-order valence-corrected chi connectivity index (χ4v) is 2.94. The van der Waals surface area contributed by atoms with Crippen LogP contribution in [-0.2, 0) is 35.4 Å². The van der Waals surface area contributed by atoms with Crippen LogP contribution in [0.15, 0.2) is 18.2 Å². The van der Waals surface area contributed by atoms with E-state index in [2.05, 4.69) is 26.4 Å². The van der Waals surface area contributed by atoms with E-state index in [1.54, 1.807) is 0 Å². The van der Waals surface area contributed by atoms with Gasteiger partial charge >= 0.3 is 108 Å². The standard InChI is InChI=1S/C5H4.2C2F5.3CHO.Bi.Mo/c1-2-4-5-3-1;2*3-1(4)2(5,6)7;3*1-2;;/h1-4H;;;3*1H;;/q-1;;;3*-1;;+4. The Balaban J connectivity index is -0.000000111. The summed E-state index contributed by atoms with van der Waals surface area (Å²) in [4.78, 5) is 23.2. The molecule has 2 radical (unpaired) electrons. The van der Waals surface area contributed by atoms with Gasteiger partial charge in [-0.25, -0.2) is 12.2 Å². The van der Waals surface area contributed by atoms with E-state index in [0.717, 1.165) is 0 Å². The van der Waals surface area contributed by atoms with E-state index in [9.17, 15) is 43.9 Å². The van der Waals surface area contributed by atoms with Crippen LogP contribution in [0.25, 0.3) is 0 Å². The smallest absolute Gasteiger partial charge is 0.545 e. The average Bonchev–Trinajstić information content (AvgIpc) is 3.09. The first-order chi connectivity index (χ1) is 11.7.